The van der Waals surface area contributed by atoms with Crippen LogP contribution in [0.5, 0.6) is 5.75 Å². The van der Waals surface area contributed by atoms with Gasteiger partial charge in [0, 0.05) is 11.1 Å². The Kier molecular flexibility index (Phi) is 4.52. The quantitative estimate of drug-likeness (QED) is 0.599. The van der Waals surface area contributed by atoms with Crippen LogP contribution < -0.4 is 4.74 Å². The molecule has 0 spiro atoms. The van der Waals surface area contributed by atoms with Gasteiger partial charge >= 0.3 is 5.97 Å². The molecule has 0 bridgehead atoms. The Morgan fingerprint density at radius 3 is 2.42 bits per heavy atom. The Labute approximate surface area is 142 Å². The van der Waals surface area contributed by atoms with E-state index in [0.717, 1.165) is 16.9 Å². The number of hydrogen-bond donors (Lipinski definition) is 0. The highest BCUT2D eigenvalue weighted by Crippen LogP contribution is 2.30. The summed E-state index contributed by atoms with van der Waals surface area (Å²) >= 11 is 0. The van der Waals surface area contributed by atoms with E-state index in [-0.39, 0.29) is 5.97 Å². The lowest BCUT2D eigenvalue weighted by molar-refractivity contribution is -0.130. The number of carbonyl (C=O) groups excluding carboxylic acids is 1. The summed E-state index contributed by atoms with van der Waals surface area (Å²) in [5.74, 6) is 1.43. The van der Waals surface area contributed by atoms with E-state index >= 15 is 0 Å². The van der Waals surface area contributed by atoms with E-state index in [2.05, 4.69) is 26.0 Å². The Morgan fingerprint density at radius 1 is 1.04 bits per heavy atom. The standard InChI is InChI=1S/C21H20O3/c1-14(2)15-8-10-16(11-9-15)20-13-18(21(22)24-20)12-17-6-4-5-7-19(17)23-3/h4-14H,1-3H3. The molecule has 0 N–H and O–H groups in total. The molecular weight excluding hydrogens is 300 g/mol. The fraction of sp³-hybridized carbons (Fsp3) is 0.190. The van der Waals surface area contributed by atoms with E-state index in [0.29, 0.717) is 17.3 Å². The molecule has 0 aromatic heterocycles. The third kappa shape index (κ3) is 3.25. The van der Waals surface area contributed by atoms with Gasteiger partial charge in [-0.1, -0.05) is 56.3 Å². The van der Waals surface area contributed by atoms with Crippen molar-refractivity contribution in [1.29, 1.82) is 0 Å². The van der Waals surface area contributed by atoms with E-state index in [1.54, 1.807) is 19.3 Å². The van der Waals surface area contributed by atoms with Crippen LogP contribution in [0.4, 0.5) is 0 Å². The SMILES string of the molecule is COc1ccccc1C=C1C=C(c2ccc(C(C)C)cc2)OC1=O. The van der Waals surface area contributed by atoms with Gasteiger partial charge in [-0.2, -0.15) is 0 Å². The first-order valence-electron chi connectivity index (χ1n) is 7.97. The van der Waals surface area contributed by atoms with E-state index in [9.17, 15) is 4.79 Å². The highest BCUT2D eigenvalue weighted by Gasteiger charge is 2.22. The van der Waals surface area contributed by atoms with E-state index in [1.807, 2.05) is 36.4 Å². The molecule has 3 rings (SSSR count). The number of hydrogen-bond acceptors (Lipinski definition) is 3. The number of cyclic esters (lactones) is 1. The Morgan fingerprint density at radius 2 is 1.75 bits per heavy atom. The predicted molar refractivity (Wildman–Crippen MR) is 95.6 cm³/mol. The first kappa shape index (κ1) is 16.1. The summed E-state index contributed by atoms with van der Waals surface area (Å²) in [4.78, 5) is 12.2. The van der Waals surface area contributed by atoms with Crippen molar-refractivity contribution in [3.05, 3.63) is 76.9 Å². The summed E-state index contributed by atoms with van der Waals surface area (Å²) < 4.78 is 10.7. The van der Waals surface area contributed by atoms with Gasteiger partial charge in [0.25, 0.3) is 0 Å². The summed E-state index contributed by atoms with van der Waals surface area (Å²) in [6, 6.07) is 15.7. The summed E-state index contributed by atoms with van der Waals surface area (Å²) in [6.07, 6.45) is 3.57. The van der Waals surface area contributed by atoms with Crippen molar-refractivity contribution in [2.45, 2.75) is 19.8 Å². The molecule has 24 heavy (non-hydrogen) atoms. The van der Waals surface area contributed by atoms with Gasteiger partial charge in [0.05, 0.1) is 12.7 Å². The third-order valence-corrected chi connectivity index (χ3v) is 4.04. The summed E-state index contributed by atoms with van der Waals surface area (Å²) in [5, 5.41) is 0. The molecule has 0 amide bonds. The van der Waals surface area contributed by atoms with Gasteiger partial charge in [-0.25, -0.2) is 4.79 Å². The lowest BCUT2D eigenvalue weighted by Crippen LogP contribution is -1.98. The maximum Gasteiger partial charge on any atom is 0.343 e. The highest BCUT2D eigenvalue weighted by atomic mass is 16.5. The molecular formula is C21H20O3. The number of benzene rings is 2. The van der Waals surface area contributed by atoms with Crippen LogP contribution in [0.1, 0.15) is 36.5 Å². The minimum atomic E-state index is -0.344. The molecule has 1 aliphatic heterocycles. The van der Waals surface area contributed by atoms with Crippen molar-refractivity contribution in [3.8, 4) is 5.75 Å². The van der Waals surface area contributed by atoms with Crippen LogP contribution in [0.15, 0.2) is 60.2 Å². The zero-order chi connectivity index (χ0) is 17.1. The van der Waals surface area contributed by atoms with Gasteiger partial charge in [-0.05, 0) is 29.7 Å². The summed E-state index contributed by atoms with van der Waals surface area (Å²) in [6.45, 7) is 4.30. The molecule has 0 fully saturated rings. The molecule has 0 radical (unpaired) electrons. The number of methoxy groups -OCH3 is 1. The maximum absolute atomic E-state index is 12.2. The van der Waals surface area contributed by atoms with Crippen molar-refractivity contribution in [2.24, 2.45) is 0 Å². The summed E-state index contributed by atoms with van der Waals surface area (Å²) in [5.41, 5.74) is 3.52. The van der Waals surface area contributed by atoms with Crippen molar-refractivity contribution in [1.82, 2.24) is 0 Å². The monoisotopic (exact) mass is 320 g/mol. The van der Waals surface area contributed by atoms with Gasteiger partial charge in [-0.3, -0.25) is 0 Å². The highest BCUT2D eigenvalue weighted by molar-refractivity contribution is 6.05. The second-order valence-corrected chi connectivity index (χ2v) is 6.02. The van der Waals surface area contributed by atoms with Crippen LogP contribution >= 0.6 is 0 Å². The topological polar surface area (TPSA) is 35.5 Å². The van der Waals surface area contributed by atoms with E-state index in [4.69, 9.17) is 9.47 Å². The van der Waals surface area contributed by atoms with Crippen LogP contribution in [0.3, 0.4) is 0 Å². The Balaban J connectivity index is 1.91. The summed E-state index contributed by atoms with van der Waals surface area (Å²) in [7, 11) is 1.61. The average molecular weight is 320 g/mol. The van der Waals surface area contributed by atoms with Crippen molar-refractivity contribution in [3.63, 3.8) is 0 Å². The van der Waals surface area contributed by atoms with Crippen LogP contribution in [0.25, 0.3) is 11.8 Å². The van der Waals surface area contributed by atoms with Gasteiger partial charge in [0.2, 0.25) is 0 Å². The second kappa shape index (κ2) is 6.75. The predicted octanol–water partition coefficient (Wildman–Crippen LogP) is 4.80. The van der Waals surface area contributed by atoms with Gasteiger partial charge in [0.1, 0.15) is 11.5 Å². The van der Waals surface area contributed by atoms with Gasteiger partial charge in [-0.15, -0.1) is 0 Å². The molecule has 1 aliphatic rings. The molecule has 3 heteroatoms. The van der Waals surface area contributed by atoms with Crippen LogP contribution in [-0.4, -0.2) is 13.1 Å². The van der Waals surface area contributed by atoms with E-state index < -0.39 is 0 Å². The molecule has 2 aromatic carbocycles. The smallest absolute Gasteiger partial charge is 0.343 e. The molecule has 122 valence electrons. The van der Waals surface area contributed by atoms with Crippen LogP contribution in [0, 0.1) is 0 Å². The van der Waals surface area contributed by atoms with Crippen LogP contribution in [-0.2, 0) is 9.53 Å². The average Bonchev–Trinajstić information content (AvgIpc) is 2.96. The molecule has 2 aromatic rings. The van der Waals surface area contributed by atoms with Crippen molar-refractivity contribution < 1.29 is 14.3 Å². The molecule has 0 saturated carbocycles. The second-order valence-electron chi connectivity index (χ2n) is 6.02. The fourth-order valence-corrected chi connectivity index (χ4v) is 2.62. The molecule has 0 unspecified atom stereocenters. The lowest BCUT2D eigenvalue weighted by atomic mass is 10.0. The first-order chi connectivity index (χ1) is 11.6. The molecule has 3 nitrogen and oxygen atoms in total. The van der Waals surface area contributed by atoms with Crippen LogP contribution in [0.2, 0.25) is 0 Å². The number of carbonyl (C=O) groups is 1. The number of para-hydroxylation sites is 1. The molecule has 0 aliphatic carbocycles. The fourth-order valence-electron chi connectivity index (χ4n) is 2.62. The zero-order valence-electron chi connectivity index (χ0n) is 14.1. The van der Waals surface area contributed by atoms with Crippen molar-refractivity contribution in [2.75, 3.05) is 7.11 Å². The maximum atomic E-state index is 12.2. The Bertz CT molecular complexity index is 811. The van der Waals surface area contributed by atoms with Crippen molar-refractivity contribution >= 4 is 17.8 Å². The Hall–Kier alpha value is -2.81. The minimum absolute atomic E-state index is 0.344. The third-order valence-electron chi connectivity index (χ3n) is 4.04. The van der Waals surface area contributed by atoms with Gasteiger partial charge < -0.3 is 9.47 Å². The lowest BCUT2D eigenvalue weighted by Gasteiger charge is -2.06. The number of rotatable bonds is 4. The minimum Gasteiger partial charge on any atom is -0.496 e. The number of esters is 1. The molecule has 0 atom stereocenters. The normalized spacial score (nSPS) is 15.6. The molecule has 0 saturated heterocycles. The largest absolute Gasteiger partial charge is 0.496 e. The molecule has 1 heterocycles. The number of ether oxygens (including phenoxy) is 2. The van der Waals surface area contributed by atoms with E-state index in [1.165, 1.54) is 5.56 Å². The zero-order valence-corrected chi connectivity index (χ0v) is 14.1. The first-order valence-corrected chi connectivity index (χ1v) is 7.97. The van der Waals surface area contributed by atoms with Gasteiger partial charge in [0.15, 0.2) is 0 Å².